The number of aliphatic hydroxyl groups is 1. The smallest absolute Gasteiger partial charge is 0.419 e. The zero-order valence-electron chi connectivity index (χ0n) is 11.3. The Balaban J connectivity index is 2.83. The summed E-state index contributed by atoms with van der Waals surface area (Å²) in [6, 6.07) is 0. The Hall–Kier alpha value is -1.35. The molecule has 1 atom stereocenters. The number of thiazole rings is 1. The maximum atomic E-state index is 12.4. The molecule has 5 nitrogen and oxygen atoms in total. The van der Waals surface area contributed by atoms with E-state index in [0.717, 1.165) is 0 Å². The van der Waals surface area contributed by atoms with Crippen molar-refractivity contribution in [2.24, 2.45) is 0 Å². The number of aliphatic hydroxyl groups excluding tert-OH is 1. The lowest BCUT2D eigenvalue weighted by Crippen LogP contribution is -2.27. The van der Waals surface area contributed by atoms with Crippen LogP contribution in [-0.2, 0) is 4.74 Å². The number of nitrogens with one attached hydrogen (secondary N) is 1. The second-order valence-electron chi connectivity index (χ2n) is 5.04. The number of amides is 1. The predicted octanol–water partition coefficient (Wildman–Crippen LogP) is 3.39. The van der Waals surface area contributed by atoms with Crippen molar-refractivity contribution in [3.8, 4) is 0 Å². The first kappa shape index (κ1) is 16.7. The number of ether oxygens (including phenoxy) is 1. The molecule has 114 valence electrons. The van der Waals surface area contributed by atoms with Gasteiger partial charge in [0.25, 0.3) is 0 Å². The molecule has 2 N–H and O–H groups in total. The van der Waals surface area contributed by atoms with Crippen LogP contribution in [-0.4, -0.2) is 28.0 Å². The van der Waals surface area contributed by atoms with Crippen LogP contribution < -0.4 is 5.32 Å². The van der Waals surface area contributed by atoms with Crippen LogP contribution in [0.1, 0.15) is 37.4 Å². The second-order valence-corrected chi connectivity index (χ2v) is 6.07. The number of anilines is 1. The van der Waals surface area contributed by atoms with Gasteiger partial charge in [-0.2, -0.15) is 13.2 Å². The van der Waals surface area contributed by atoms with Gasteiger partial charge in [0.1, 0.15) is 5.60 Å². The molecule has 0 unspecified atom stereocenters. The minimum Gasteiger partial charge on any atom is -0.444 e. The Labute approximate surface area is 117 Å². The standard InChI is InChI=1S/C11H15F3N2O3S/c1-5-6(7(17)11(12,13)14)20-8(15-5)16-9(18)19-10(2,3)4/h7,17H,1-4H3,(H,15,16,18)/t7-/m0/s1. The minimum atomic E-state index is -4.78. The summed E-state index contributed by atoms with van der Waals surface area (Å²) in [4.78, 5) is 14.9. The third-order valence-corrected chi connectivity index (χ3v) is 3.12. The maximum Gasteiger partial charge on any atom is 0.419 e. The summed E-state index contributed by atoms with van der Waals surface area (Å²) in [6.07, 6.45) is -8.21. The zero-order valence-corrected chi connectivity index (χ0v) is 12.1. The first-order chi connectivity index (χ1) is 8.90. The topological polar surface area (TPSA) is 71.5 Å². The molecule has 0 aliphatic carbocycles. The van der Waals surface area contributed by atoms with E-state index in [-0.39, 0.29) is 15.7 Å². The summed E-state index contributed by atoms with van der Waals surface area (Å²) < 4.78 is 42.2. The first-order valence-corrected chi connectivity index (χ1v) is 6.44. The Kier molecular flexibility index (Phi) is 4.65. The second kappa shape index (κ2) is 5.57. The van der Waals surface area contributed by atoms with Gasteiger partial charge in [0.15, 0.2) is 11.2 Å². The average Bonchev–Trinajstić information content (AvgIpc) is 2.53. The molecular weight excluding hydrogens is 297 g/mol. The lowest BCUT2D eigenvalue weighted by atomic mass is 10.2. The molecule has 9 heteroatoms. The summed E-state index contributed by atoms with van der Waals surface area (Å²) in [5.74, 6) is 0. The fourth-order valence-electron chi connectivity index (χ4n) is 1.25. The number of hydrogen-bond acceptors (Lipinski definition) is 5. The van der Waals surface area contributed by atoms with Gasteiger partial charge in [-0.15, -0.1) is 0 Å². The van der Waals surface area contributed by atoms with Crippen LogP contribution in [0.2, 0.25) is 0 Å². The van der Waals surface area contributed by atoms with E-state index < -0.39 is 24.0 Å². The van der Waals surface area contributed by atoms with Gasteiger partial charge in [0, 0.05) is 0 Å². The summed E-state index contributed by atoms with van der Waals surface area (Å²) in [5, 5.41) is 11.3. The molecule has 1 rings (SSSR count). The molecule has 0 bridgehead atoms. The quantitative estimate of drug-likeness (QED) is 0.878. The van der Waals surface area contributed by atoms with Crippen molar-refractivity contribution in [3.63, 3.8) is 0 Å². The molecule has 0 radical (unpaired) electrons. The predicted molar refractivity (Wildman–Crippen MR) is 67.7 cm³/mol. The van der Waals surface area contributed by atoms with Crippen LogP contribution in [0.4, 0.5) is 23.1 Å². The molecule has 0 saturated carbocycles. The van der Waals surface area contributed by atoms with Gasteiger partial charge in [0.05, 0.1) is 10.6 Å². The molecule has 1 amide bonds. The molecular formula is C11H15F3N2O3S. The number of halogens is 3. The average molecular weight is 312 g/mol. The largest absolute Gasteiger partial charge is 0.444 e. The highest BCUT2D eigenvalue weighted by Crippen LogP contribution is 2.38. The number of rotatable bonds is 2. The van der Waals surface area contributed by atoms with Gasteiger partial charge in [0.2, 0.25) is 0 Å². The highest BCUT2D eigenvalue weighted by atomic mass is 32.1. The number of hydrogen-bond donors (Lipinski definition) is 2. The van der Waals surface area contributed by atoms with Crippen molar-refractivity contribution in [2.45, 2.75) is 45.6 Å². The summed E-state index contributed by atoms with van der Waals surface area (Å²) in [7, 11) is 0. The zero-order chi connectivity index (χ0) is 15.7. The van der Waals surface area contributed by atoms with Crippen molar-refractivity contribution < 1.29 is 27.8 Å². The minimum absolute atomic E-state index is 0.00545. The molecule has 1 aromatic heterocycles. The molecule has 0 spiro atoms. The van der Waals surface area contributed by atoms with Crippen molar-refractivity contribution >= 4 is 22.6 Å². The monoisotopic (exact) mass is 312 g/mol. The maximum absolute atomic E-state index is 12.4. The SMILES string of the molecule is Cc1nc(NC(=O)OC(C)(C)C)sc1[C@H](O)C(F)(F)F. The fraction of sp³-hybridized carbons (Fsp3) is 0.636. The van der Waals surface area contributed by atoms with Crippen LogP contribution in [0.5, 0.6) is 0 Å². The van der Waals surface area contributed by atoms with Gasteiger partial charge in [-0.05, 0) is 27.7 Å². The van der Waals surface area contributed by atoms with Crippen molar-refractivity contribution in [2.75, 3.05) is 5.32 Å². The Morgan fingerprint density at radius 1 is 1.40 bits per heavy atom. The normalized spacial score (nSPS) is 14.0. The first-order valence-electron chi connectivity index (χ1n) is 5.62. The number of carbonyl (C=O) groups excluding carboxylic acids is 1. The number of aryl methyl sites for hydroxylation is 1. The molecule has 1 aromatic rings. The Morgan fingerprint density at radius 2 is 1.95 bits per heavy atom. The molecule has 20 heavy (non-hydrogen) atoms. The summed E-state index contributed by atoms with van der Waals surface area (Å²) in [6.45, 7) is 6.27. The number of aromatic nitrogens is 1. The lowest BCUT2D eigenvalue weighted by Gasteiger charge is -2.18. The van der Waals surface area contributed by atoms with Crippen molar-refractivity contribution in [1.82, 2.24) is 4.98 Å². The van der Waals surface area contributed by atoms with E-state index in [0.29, 0.717) is 11.3 Å². The van der Waals surface area contributed by atoms with Crippen molar-refractivity contribution in [3.05, 3.63) is 10.6 Å². The number of alkyl halides is 3. The lowest BCUT2D eigenvalue weighted by molar-refractivity contribution is -0.205. The van der Waals surface area contributed by atoms with E-state index >= 15 is 0 Å². The molecule has 0 aliphatic heterocycles. The van der Waals surface area contributed by atoms with Crippen LogP contribution in [0.3, 0.4) is 0 Å². The van der Waals surface area contributed by atoms with Gasteiger partial charge in [-0.1, -0.05) is 11.3 Å². The molecule has 0 aromatic carbocycles. The van der Waals surface area contributed by atoms with E-state index in [1.54, 1.807) is 20.8 Å². The van der Waals surface area contributed by atoms with Crippen LogP contribution in [0, 0.1) is 6.92 Å². The molecule has 0 aliphatic rings. The van der Waals surface area contributed by atoms with E-state index in [9.17, 15) is 23.1 Å². The number of nitrogens with zero attached hydrogens (tertiary/aromatic N) is 1. The Morgan fingerprint density at radius 3 is 2.40 bits per heavy atom. The van der Waals surface area contributed by atoms with E-state index in [1.807, 2.05) is 0 Å². The van der Waals surface area contributed by atoms with Crippen molar-refractivity contribution in [1.29, 1.82) is 0 Å². The van der Waals surface area contributed by atoms with E-state index in [4.69, 9.17) is 4.74 Å². The van der Waals surface area contributed by atoms with Crippen LogP contribution in [0.25, 0.3) is 0 Å². The fourth-order valence-corrected chi connectivity index (χ4v) is 2.22. The highest BCUT2D eigenvalue weighted by molar-refractivity contribution is 7.16. The van der Waals surface area contributed by atoms with E-state index in [2.05, 4.69) is 10.3 Å². The van der Waals surface area contributed by atoms with Crippen LogP contribution >= 0.6 is 11.3 Å². The van der Waals surface area contributed by atoms with Crippen LogP contribution in [0.15, 0.2) is 0 Å². The Bertz CT molecular complexity index is 494. The third kappa shape index (κ3) is 4.64. The molecule has 0 saturated heterocycles. The summed E-state index contributed by atoms with van der Waals surface area (Å²) >= 11 is 0.556. The third-order valence-electron chi connectivity index (χ3n) is 2.00. The molecule has 0 fully saturated rings. The van der Waals surface area contributed by atoms with Gasteiger partial charge < -0.3 is 9.84 Å². The summed E-state index contributed by atoms with van der Waals surface area (Å²) in [5.41, 5.74) is -0.726. The highest BCUT2D eigenvalue weighted by Gasteiger charge is 2.41. The molecule has 1 heterocycles. The van der Waals surface area contributed by atoms with E-state index in [1.165, 1.54) is 6.92 Å². The van der Waals surface area contributed by atoms with Gasteiger partial charge in [-0.25, -0.2) is 9.78 Å². The van der Waals surface area contributed by atoms with Gasteiger partial charge >= 0.3 is 12.3 Å². The van der Waals surface area contributed by atoms with Gasteiger partial charge in [-0.3, -0.25) is 5.32 Å². The number of carbonyl (C=O) groups is 1.